The Morgan fingerprint density at radius 1 is 0.636 bits per heavy atom. The average molecular weight is 605 g/mol. The van der Waals surface area contributed by atoms with Gasteiger partial charge in [0.2, 0.25) is 0 Å². The van der Waals surface area contributed by atoms with E-state index < -0.39 is 24.7 Å². The number of carbonyl (C=O) groups is 2. The first-order valence-corrected chi connectivity index (χ1v) is 16.5. The van der Waals surface area contributed by atoms with Crippen molar-refractivity contribution in [3.05, 3.63) is 83.9 Å². The molecule has 0 bridgehead atoms. The topological polar surface area (TPSA) is 61.8 Å². The number of esters is 1. The first kappa shape index (κ1) is 35.0. The van der Waals surface area contributed by atoms with Crippen LogP contribution >= 0.6 is 0 Å². The third-order valence-corrected chi connectivity index (χ3v) is 7.81. The number of hydrogen-bond donors (Lipinski definition) is 0. The van der Waals surface area contributed by atoms with Gasteiger partial charge in [0.05, 0.1) is 17.7 Å². The number of halogens is 1. The van der Waals surface area contributed by atoms with E-state index in [1.165, 1.54) is 38.5 Å². The lowest BCUT2D eigenvalue weighted by Gasteiger charge is -2.15. The van der Waals surface area contributed by atoms with Crippen LogP contribution in [0.25, 0.3) is 22.3 Å². The molecule has 238 valence electrons. The summed E-state index contributed by atoms with van der Waals surface area (Å²) in [5.74, 6) is -1.09. The summed E-state index contributed by atoms with van der Waals surface area (Å²) in [5, 5.41) is 0. The highest BCUT2D eigenvalue weighted by atomic mass is 19.1. The Morgan fingerprint density at radius 3 is 1.89 bits per heavy atom. The maximum atomic E-state index is 13.6. The van der Waals surface area contributed by atoms with Crippen LogP contribution < -0.4 is 0 Å². The summed E-state index contributed by atoms with van der Waals surface area (Å²) >= 11 is 0. The fourth-order valence-electron chi connectivity index (χ4n) is 5.19. The quantitative estimate of drug-likeness (QED) is 0.0524. The van der Waals surface area contributed by atoms with E-state index in [0.29, 0.717) is 24.2 Å². The minimum atomic E-state index is -0.732. The third-order valence-electron chi connectivity index (χ3n) is 7.81. The van der Waals surface area contributed by atoms with Crippen molar-refractivity contribution in [3.8, 4) is 22.3 Å². The summed E-state index contributed by atoms with van der Waals surface area (Å²) in [7, 11) is 0. The van der Waals surface area contributed by atoms with Crippen molar-refractivity contribution in [1.29, 1.82) is 0 Å². The normalized spacial score (nSPS) is 11.7. The minimum Gasteiger partial charge on any atom is -0.456 e. The van der Waals surface area contributed by atoms with E-state index in [2.05, 4.69) is 13.8 Å². The summed E-state index contributed by atoms with van der Waals surface area (Å²) in [6, 6.07) is 22.3. The molecule has 0 N–H and O–H groups in total. The molecule has 44 heavy (non-hydrogen) atoms. The van der Waals surface area contributed by atoms with Gasteiger partial charge in [-0.15, -0.1) is 0 Å². The molecular formula is C38H49FO5. The molecule has 0 aromatic heterocycles. The van der Waals surface area contributed by atoms with Crippen molar-refractivity contribution in [3.63, 3.8) is 0 Å². The minimum absolute atomic E-state index is 0.357. The van der Waals surface area contributed by atoms with Gasteiger partial charge in [0.15, 0.2) is 0 Å². The van der Waals surface area contributed by atoms with E-state index in [1.807, 2.05) is 48.5 Å². The summed E-state index contributed by atoms with van der Waals surface area (Å²) in [6.45, 7) is 4.04. The van der Waals surface area contributed by atoms with Crippen LogP contribution in [0.3, 0.4) is 0 Å². The molecule has 0 heterocycles. The molecule has 0 aliphatic carbocycles. The van der Waals surface area contributed by atoms with E-state index >= 15 is 0 Å². The van der Waals surface area contributed by atoms with E-state index in [1.54, 1.807) is 24.3 Å². The maximum Gasteiger partial charge on any atom is 0.373 e. The molecule has 3 rings (SSSR count). The Hall–Kier alpha value is -3.51. The Balaban J connectivity index is 1.66. The number of alkyl halides is 1. The first-order chi connectivity index (χ1) is 21.6. The highest BCUT2D eigenvalue weighted by molar-refractivity contribution is 5.95. The Bertz CT molecular complexity index is 1240. The van der Waals surface area contributed by atoms with Crippen LogP contribution in [0.5, 0.6) is 0 Å². The lowest BCUT2D eigenvalue weighted by molar-refractivity contribution is -0.241. The van der Waals surface area contributed by atoms with Crippen LogP contribution in [0.1, 0.15) is 118 Å². The predicted octanol–water partition coefficient (Wildman–Crippen LogP) is 10.7. The molecule has 0 fully saturated rings. The number of benzene rings is 3. The molecule has 0 spiro atoms. The molecule has 5 nitrogen and oxygen atoms in total. The Kier molecular flexibility index (Phi) is 16.3. The van der Waals surface area contributed by atoms with Crippen LogP contribution in [0.4, 0.5) is 4.39 Å². The van der Waals surface area contributed by atoms with Gasteiger partial charge in [-0.05, 0) is 65.8 Å². The van der Waals surface area contributed by atoms with Gasteiger partial charge >= 0.3 is 11.9 Å². The lowest BCUT2D eigenvalue weighted by atomic mass is 9.92. The van der Waals surface area contributed by atoms with Crippen molar-refractivity contribution >= 4 is 11.9 Å². The van der Waals surface area contributed by atoms with Gasteiger partial charge in [-0.3, -0.25) is 4.89 Å². The van der Waals surface area contributed by atoms with E-state index in [4.69, 9.17) is 14.5 Å². The maximum absolute atomic E-state index is 13.6. The zero-order chi connectivity index (χ0) is 31.4. The summed E-state index contributed by atoms with van der Waals surface area (Å²) in [4.78, 5) is 36.0. The molecule has 0 saturated carbocycles. The first-order valence-electron chi connectivity index (χ1n) is 16.5. The highest BCUT2D eigenvalue weighted by Gasteiger charge is 2.18. The fourth-order valence-corrected chi connectivity index (χ4v) is 5.19. The smallest absolute Gasteiger partial charge is 0.373 e. The highest BCUT2D eigenvalue weighted by Crippen LogP contribution is 2.33. The second kappa shape index (κ2) is 20.4. The molecule has 0 aliphatic heterocycles. The van der Waals surface area contributed by atoms with E-state index in [9.17, 15) is 14.0 Å². The molecule has 1 atom stereocenters. The fraction of sp³-hybridized carbons (Fsp3) is 0.474. The summed E-state index contributed by atoms with van der Waals surface area (Å²) in [5.41, 5.74) is 4.28. The molecule has 6 heteroatoms. The van der Waals surface area contributed by atoms with Gasteiger partial charge in [0.25, 0.3) is 0 Å². The van der Waals surface area contributed by atoms with Crippen LogP contribution in [0.15, 0.2) is 72.8 Å². The lowest BCUT2D eigenvalue weighted by Crippen LogP contribution is -2.20. The predicted molar refractivity (Wildman–Crippen MR) is 175 cm³/mol. The van der Waals surface area contributed by atoms with Gasteiger partial charge in [0, 0.05) is 0 Å². The van der Waals surface area contributed by atoms with Gasteiger partial charge in [-0.2, -0.15) is 4.89 Å². The second-order valence-electron chi connectivity index (χ2n) is 11.4. The van der Waals surface area contributed by atoms with Crippen LogP contribution in [-0.4, -0.2) is 31.3 Å². The molecule has 3 aromatic rings. The van der Waals surface area contributed by atoms with Crippen molar-refractivity contribution in [2.45, 2.75) is 103 Å². The van der Waals surface area contributed by atoms with Gasteiger partial charge in [-0.25, -0.2) is 14.0 Å². The number of carbonyl (C=O) groups excluding carboxylic acids is 2. The van der Waals surface area contributed by atoms with Crippen LogP contribution in [0.2, 0.25) is 0 Å². The second-order valence-corrected chi connectivity index (χ2v) is 11.4. The third kappa shape index (κ3) is 11.9. The average Bonchev–Trinajstić information content (AvgIpc) is 3.07. The number of unbranched alkanes of at least 4 members (excludes halogenated alkanes) is 10. The number of rotatable bonds is 21. The van der Waals surface area contributed by atoms with Gasteiger partial charge in [0.1, 0.15) is 12.8 Å². The number of hydrogen-bond acceptors (Lipinski definition) is 5. The summed E-state index contributed by atoms with van der Waals surface area (Å²) in [6.07, 6.45) is 13.1. The monoisotopic (exact) mass is 604 g/mol. The van der Waals surface area contributed by atoms with E-state index in [0.717, 1.165) is 60.8 Å². The van der Waals surface area contributed by atoms with Gasteiger partial charge < -0.3 is 4.74 Å². The SMILES string of the molecule is CCCCCCCCOOC(=O)c1ccc(-c2ccccc2)c(-c2ccc(C(=O)OC(CF)CCCCCCCC)cc2)c1. The molecule has 0 amide bonds. The molecular weight excluding hydrogens is 555 g/mol. The molecule has 3 aromatic carbocycles. The molecule has 0 saturated heterocycles. The zero-order valence-electron chi connectivity index (χ0n) is 26.5. The van der Waals surface area contributed by atoms with Gasteiger partial charge in [-0.1, -0.05) is 127 Å². The van der Waals surface area contributed by atoms with Crippen molar-refractivity contribution in [2.24, 2.45) is 0 Å². The van der Waals surface area contributed by atoms with Crippen LogP contribution in [0, 0.1) is 0 Å². The van der Waals surface area contributed by atoms with E-state index in [-0.39, 0.29) is 0 Å². The zero-order valence-corrected chi connectivity index (χ0v) is 26.5. The molecule has 1 unspecified atom stereocenters. The van der Waals surface area contributed by atoms with Crippen LogP contribution in [-0.2, 0) is 14.5 Å². The Morgan fingerprint density at radius 2 is 1.23 bits per heavy atom. The van der Waals surface area contributed by atoms with Crippen molar-refractivity contribution in [2.75, 3.05) is 13.3 Å². The van der Waals surface area contributed by atoms with Crippen molar-refractivity contribution < 1.29 is 28.5 Å². The summed E-state index contributed by atoms with van der Waals surface area (Å²) < 4.78 is 19.1. The molecule has 0 aliphatic rings. The molecule has 0 radical (unpaired) electrons. The Labute approximate surface area is 263 Å². The number of ether oxygens (including phenoxy) is 1. The largest absolute Gasteiger partial charge is 0.456 e. The van der Waals surface area contributed by atoms with Crippen molar-refractivity contribution in [1.82, 2.24) is 0 Å². The standard InChI is InChI=1S/C38H49FO5/c1-3-5-7-9-11-16-20-34(29-39)43-37(40)32-23-21-31(22-24-32)36-28-33(25-26-35(36)30-18-14-13-15-19-30)38(41)44-42-27-17-12-10-8-6-4-2/h13-15,18-19,21-26,28,34H,3-12,16-17,20,27,29H2,1-2H3.